The minimum atomic E-state index is 0.306. The molecule has 8 heteroatoms. The Hall–Kier alpha value is -2.16. The van der Waals surface area contributed by atoms with E-state index in [-0.39, 0.29) is 0 Å². The lowest BCUT2D eigenvalue weighted by molar-refractivity contribution is 0.267. The second-order valence-corrected chi connectivity index (χ2v) is 8.70. The van der Waals surface area contributed by atoms with Crippen molar-refractivity contribution in [3.8, 4) is 17.2 Å². The maximum absolute atomic E-state index is 6.27. The summed E-state index contributed by atoms with van der Waals surface area (Å²) in [6.07, 6.45) is 1.75. The Morgan fingerprint density at radius 1 is 1.00 bits per heavy atom. The highest BCUT2D eigenvalue weighted by Crippen LogP contribution is 2.35. The van der Waals surface area contributed by atoms with Crippen LogP contribution in [0.4, 0.5) is 0 Å². The topological polar surface area (TPSA) is 52.1 Å². The monoisotopic (exact) mass is 584 g/mol. The zero-order valence-electron chi connectivity index (χ0n) is 17.7. The Balaban J connectivity index is 1.70. The number of methoxy groups -OCH3 is 1. The molecule has 0 aromatic heterocycles. The molecule has 0 saturated carbocycles. The molecular weight excluding hydrogens is 562 g/mol. The number of halogens is 3. The molecule has 3 aromatic rings. The Morgan fingerprint density at radius 3 is 2.56 bits per heavy atom. The van der Waals surface area contributed by atoms with E-state index >= 15 is 0 Å². The summed E-state index contributed by atoms with van der Waals surface area (Å²) in [4.78, 5) is 0. The number of benzene rings is 3. The predicted molar refractivity (Wildman–Crippen MR) is 139 cm³/mol. The standard InChI is InChI=1S/C24H23Cl2IN2O3/c1-3-31-23-11-16(13-28-29-14-17-6-4-5-7-22(17)30-2)10-21(27)24(23)32-15-18-8-9-19(25)12-20(18)26/h4-13,29H,3,14-15H2,1-2H3/b28-13+. The van der Waals surface area contributed by atoms with Gasteiger partial charge in [0.15, 0.2) is 11.5 Å². The first-order valence-corrected chi connectivity index (χ1v) is 11.8. The fraction of sp³-hybridized carbons (Fsp3) is 0.208. The first-order valence-electron chi connectivity index (χ1n) is 9.92. The highest BCUT2D eigenvalue weighted by atomic mass is 127. The molecule has 0 bridgehead atoms. The van der Waals surface area contributed by atoms with Crippen LogP contribution in [0.25, 0.3) is 0 Å². The van der Waals surface area contributed by atoms with Gasteiger partial charge in [-0.3, -0.25) is 0 Å². The van der Waals surface area contributed by atoms with Crippen LogP contribution in [0.15, 0.2) is 59.7 Å². The molecule has 0 amide bonds. The molecule has 0 aliphatic rings. The molecule has 0 heterocycles. The number of hydrogen-bond donors (Lipinski definition) is 1. The quantitative estimate of drug-likeness (QED) is 0.163. The van der Waals surface area contributed by atoms with Crippen molar-refractivity contribution < 1.29 is 14.2 Å². The van der Waals surface area contributed by atoms with Gasteiger partial charge in [-0.25, -0.2) is 0 Å². The van der Waals surface area contributed by atoms with E-state index in [0.717, 1.165) is 26.0 Å². The summed E-state index contributed by atoms with van der Waals surface area (Å²) in [5, 5.41) is 5.49. The largest absolute Gasteiger partial charge is 0.496 e. The van der Waals surface area contributed by atoms with Crippen molar-refractivity contribution >= 4 is 52.0 Å². The fourth-order valence-electron chi connectivity index (χ4n) is 2.95. The van der Waals surface area contributed by atoms with Gasteiger partial charge in [0.05, 0.1) is 30.0 Å². The number of rotatable bonds is 10. The van der Waals surface area contributed by atoms with Crippen molar-refractivity contribution in [2.45, 2.75) is 20.1 Å². The molecule has 0 spiro atoms. The summed E-state index contributed by atoms with van der Waals surface area (Å²) in [7, 11) is 1.66. The summed E-state index contributed by atoms with van der Waals surface area (Å²) in [5.74, 6) is 2.14. The Bertz CT molecular complexity index is 1090. The van der Waals surface area contributed by atoms with Crippen LogP contribution in [0.5, 0.6) is 17.2 Å². The van der Waals surface area contributed by atoms with Crippen LogP contribution in [0, 0.1) is 3.57 Å². The summed E-state index contributed by atoms with van der Waals surface area (Å²) in [6.45, 7) is 3.31. The fourth-order valence-corrected chi connectivity index (χ4v) is 4.20. The summed E-state index contributed by atoms with van der Waals surface area (Å²) >= 11 is 14.5. The normalized spacial score (nSPS) is 10.9. The Kier molecular flexibility index (Phi) is 9.32. The molecule has 0 saturated heterocycles. The van der Waals surface area contributed by atoms with E-state index in [0.29, 0.717) is 41.3 Å². The van der Waals surface area contributed by atoms with E-state index in [1.807, 2.05) is 49.4 Å². The molecule has 0 fully saturated rings. The molecule has 0 aliphatic carbocycles. The highest BCUT2D eigenvalue weighted by Gasteiger charge is 2.13. The number of nitrogens with zero attached hydrogens (tertiary/aromatic N) is 1. The van der Waals surface area contributed by atoms with E-state index in [2.05, 4.69) is 33.1 Å². The second kappa shape index (κ2) is 12.2. The Morgan fingerprint density at radius 2 is 1.81 bits per heavy atom. The molecule has 168 valence electrons. The zero-order valence-corrected chi connectivity index (χ0v) is 21.4. The Labute approximate surface area is 211 Å². The van der Waals surface area contributed by atoms with Crippen molar-refractivity contribution in [1.29, 1.82) is 0 Å². The lowest BCUT2D eigenvalue weighted by Gasteiger charge is -2.15. The number of para-hydroxylation sites is 1. The van der Waals surface area contributed by atoms with Gasteiger partial charge in [-0.15, -0.1) is 0 Å². The third kappa shape index (κ3) is 6.67. The minimum absolute atomic E-state index is 0.306. The summed E-state index contributed by atoms with van der Waals surface area (Å²) in [5.41, 5.74) is 5.83. The zero-order chi connectivity index (χ0) is 22.9. The van der Waals surface area contributed by atoms with E-state index in [4.69, 9.17) is 37.4 Å². The molecule has 0 atom stereocenters. The van der Waals surface area contributed by atoms with Crippen molar-refractivity contribution in [3.05, 3.63) is 84.9 Å². The molecule has 0 unspecified atom stereocenters. The second-order valence-electron chi connectivity index (χ2n) is 6.69. The molecule has 1 N–H and O–H groups in total. The summed E-state index contributed by atoms with van der Waals surface area (Å²) in [6, 6.07) is 17.1. The van der Waals surface area contributed by atoms with Crippen LogP contribution in [0.3, 0.4) is 0 Å². The maximum Gasteiger partial charge on any atom is 0.175 e. The molecule has 0 aliphatic heterocycles. The lowest BCUT2D eigenvalue weighted by atomic mass is 10.2. The molecular formula is C24H23Cl2IN2O3. The smallest absolute Gasteiger partial charge is 0.175 e. The van der Waals surface area contributed by atoms with Gasteiger partial charge in [-0.05, 0) is 65.4 Å². The third-order valence-corrected chi connectivity index (χ3v) is 5.87. The number of hydrogen-bond acceptors (Lipinski definition) is 5. The molecule has 32 heavy (non-hydrogen) atoms. The van der Waals surface area contributed by atoms with Gasteiger partial charge in [0.25, 0.3) is 0 Å². The SMILES string of the molecule is CCOc1cc(/C=N/NCc2ccccc2OC)cc(I)c1OCc1ccc(Cl)cc1Cl. The van der Waals surface area contributed by atoms with Crippen molar-refractivity contribution in [2.75, 3.05) is 13.7 Å². The van der Waals surface area contributed by atoms with Gasteiger partial charge in [0.1, 0.15) is 12.4 Å². The third-order valence-electron chi connectivity index (χ3n) is 4.49. The average molecular weight is 585 g/mol. The van der Waals surface area contributed by atoms with Crippen molar-refractivity contribution in [3.63, 3.8) is 0 Å². The van der Waals surface area contributed by atoms with E-state index in [1.165, 1.54) is 0 Å². The van der Waals surface area contributed by atoms with Crippen LogP contribution in [0.1, 0.15) is 23.6 Å². The minimum Gasteiger partial charge on any atom is -0.496 e. The van der Waals surface area contributed by atoms with Crippen LogP contribution < -0.4 is 19.6 Å². The van der Waals surface area contributed by atoms with Gasteiger partial charge in [-0.1, -0.05) is 47.5 Å². The van der Waals surface area contributed by atoms with Gasteiger partial charge < -0.3 is 19.6 Å². The van der Waals surface area contributed by atoms with Gasteiger partial charge in [0.2, 0.25) is 0 Å². The maximum atomic E-state index is 6.27. The van der Waals surface area contributed by atoms with Crippen molar-refractivity contribution in [1.82, 2.24) is 5.43 Å². The van der Waals surface area contributed by atoms with E-state index in [9.17, 15) is 0 Å². The molecule has 3 aromatic carbocycles. The van der Waals surface area contributed by atoms with E-state index in [1.54, 1.807) is 25.5 Å². The number of ether oxygens (including phenoxy) is 3. The molecule has 5 nitrogen and oxygen atoms in total. The van der Waals surface area contributed by atoms with Gasteiger partial charge in [0, 0.05) is 21.2 Å². The van der Waals surface area contributed by atoms with Crippen LogP contribution in [0.2, 0.25) is 10.0 Å². The predicted octanol–water partition coefficient (Wildman–Crippen LogP) is 6.71. The van der Waals surface area contributed by atoms with E-state index < -0.39 is 0 Å². The highest BCUT2D eigenvalue weighted by molar-refractivity contribution is 14.1. The summed E-state index contributed by atoms with van der Waals surface area (Å²) < 4.78 is 18.1. The number of hydrazone groups is 1. The average Bonchev–Trinajstić information content (AvgIpc) is 2.78. The first kappa shape index (κ1) is 24.5. The van der Waals surface area contributed by atoms with Crippen LogP contribution in [-0.4, -0.2) is 19.9 Å². The molecule has 3 rings (SSSR count). The van der Waals surface area contributed by atoms with Gasteiger partial charge >= 0.3 is 0 Å². The molecule has 0 radical (unpaired) electrons. The number of nitrogens with one attached hydrogen (secondary N) is 1. The van der Waals surface area contributed by atoms with Crippen LogP contribution >= 0.6 is 45.8 Å². The van der Waals surface area contributed by atoms with Crippen LogP contribution in [-0.2, 0) is 13.2 Å². The first-order chi connectivity index (χ1) is 15.5. The lowest BCUT2D eigenvalue weighted by Crippen LogP contribution is -2.07. The van der Waals surface area contributed by atoms with Crippen molar-refractivity contribution in [2.24, 2.45) is 5.10 Å². The van der Waals surface area contributed by atoms with Gasteiger partial charge in [-0.2, -0.15) is 5.10 Å².